The minimum Gasteiger partial charge on any atom is -0.305 e. The van der Waals surface area contributed by atoms with Crippen LogP contribution in [0.25, 0.3) is 66.0 Å². The quantitative estimate of drug-likeness (QED) is 0.0978. The predicted molar refractivity (Wildman–Crippen MR) is 212 cm³/mol. The summed E-state index contributed by atoms with van der Waals surface area (Å²) in [7, 11) is 0. The normalized spacial score (nSPS) is 11.8. The number of hydrogen-bond acceptors (Lipinski definition) is 2. The zero-order valence-corrected chi connectivity index (χ0v) is 33.6. The molecule has 0 N–H and O–H groups in total. The SMILES string of the molecule is [2H]C(C)(C)c1cc(-c2[c-]cc3c4ccccc4c4cc(-c5ccccc5)ccc4c3c2)nc[c]1[Ge]([CH3])([CH3])[CH3].[Ir].[c-]1ccccc1-c1ccccn1. The fraction of sp³-hybridized carbons (Fsp3) is 0.130. The summed E-state index contributed by atoms with van der Waals surface area (Å²) in [5.74, 6) is 6.43. The van der Waals surface area contributed by atoms with Crippen LogP contribution >= 0.6 is 0 Å². The van der Waals surface area contributed by atoms with Gasteiger partial charge in [-0.2, -0.15) is 0 Å². The molecule has 1 radical (unpaired) electrons. The molecular formula is C46H40GeIrN2-2. The molecular weight excluding hydrogens is 845 g/mol. The molecule has 8 aromatic rings. The van der Waals surface area contributed by atoms with Crippen molar-refractivity contribution >= 4 is 50.0 Å². The van der Waals surface area contributed by atoms with E-state index < -0.39 is 19.2 Å². The Balaban J connectivity index is 0.000000291. The predicted octanol–water partition coefficient (Wildman–Crippen LogP) is 11.9. The minimum absolute atomic E-state index is 0. The maximum atomic E-state index is 8.87. The maximum absolute atomic E-state index is 8.87. The molecule has 0 atom stereocenters. The van der Waals surface area contributed by atoms with E-state index in [1.165, 1.54) is 47.8 Å². The zero-order chi connectivity index (χ0) is 34.9. The average Bonchev–Trinajstić information content (AvgIpc) is 3.15. The molecule has 2 aromatic heterocycles. The summed E-state index contributed by atoms with van der Waals surface area (Å²) < 4.78 is 10.2. The van der Waals surface area contributed by atoms with E-state index in [4.69, 9.17) is 6.35 Å². The minimum atomic E-state index is -2.20. The first kappa shape index (κ1) is 34.1. The van der Waals surface area contributed by atoms with E-state index in [1.807, 2.05) is 62.5 Å². The topological polar surface area (TPSA) is 25.8 Å². The van der Waals surface area contributed by atoms with Crippen LogP contribution in [0, 0.1) is 12.1 Å². The first-order valence-electron chi connectivity index (χ1n) is 17.3. The van der Waals surface area contributed by atoms with Crippen LogP contribution in [-0.4, -0.2) is 23.2 Å². The zero-order valence-electron chi connectivity index (χ0n) is 30.1. The maximum Gasteiger partial charge on any atom is 0.0160 e. The summed E-state index contributed by atoms with van der Waals surface area (Å²) in [6.07, 6.45) is 3.83. The Kier molecular flexibility index (Phi) is 10.4. The van der Waals surface area contributed by atoms with Crippen molar-refractivity contribution < 1.29 is 21.5 Å². The van der Waals surface area contributed by atoms with Crippen LogP contribution in [0.4, 0.5) is 0 Å². The van der Waals surface area contributed by atoms with Gasteiger partial charge in [-0.3, -0.25) is 0 Å². The fourth-order valence-electron chi connectivity index (χ4n) is 6.54. The molecule has 0 saturated carbocycles. The Bertz CT molecular complexity index is 2400. The van der Waals surface area contributed by atoms with Crippen LogP contribution in [-0.2, 0) is 20.1 Å². The van der Waals surface area contributed by atoms with Crippen molar-refractivity contribution in [1.29, 1.82) is 0 Å². The van der Waals surface area contributed by atoms with Crippen LogP contribution in [0.5, 0.6) is 0 Å². The standard InChI is InChI=1S/C35H32GeN.C11H8N.Ir/c1-23(2)31-21-35(37-22-34(31)36(3,4)5)26-16-18-29-27-13-9-10-14-28(27)32-19-25(24-11-7-6-8-12-24)15-17-30(32)33(29)20-26;1-2-6-10(7-3-1)11-8-4-5-9-12-11;/h6-15,17-23H,1-5H3;1-6,8-9H;/q2*-1;/i23D;;. The van der Waals surface area contributed by atoms with Gasteiger partial charge in [0.25, 0.3) is 0 Å². The van der Waals surface area contributed by atoms with Crippen LogP contribution in [0.15, 0.2) is 146 Å². The largest absolute Gasteiger partial charge is 0.305 e. The summed E-state index contributed by atoms with van der Waals surface area (Å²) in [5.41, 5.74) is 7.41. The second-order valence-corrected chi connectivity index (χ2v) is 24.3. The Morgan fingerprint density at radius 2 is 1.26 bits per heavy atom. The Morgan fingerprint density at radius 1 is 0.580 bits per heavy atom. The van der Waals surface area contributed by atoms with Gasteiger partial charge in [0, 0.05) is 26.3 Å². The summed E-state index contributed by atoms with van der Waals surface area (Å²) in [6, 6.07) is 52.9. The number of fused-ring (bicyclic) bond motifs is 6. The first-order chi connectivity index (χ1) is 24.1. The van der Waals surface area contributed by atoms with Crippen molar-refractivity contribution in [2.75, 3.05) is 0 Å². The number of hydrogen-bond donors (Lipinski definition) is 0. The molecule has 6 aromatic carbocycles. The molecule has 0 unspecified atom stereocenters. The first-order valence-corrected chi connectivity index (χ1v) is 24.2. The molecule has 2 heterocycles. The molecule has 0 spiro atoms. The van der Waals surface area contributed by atoms with Crippen molar-refractivity contribution in [3.05, 3.63) is 164 Å². The summed E-state index contributed by atoms with van der Waals surface area (Å²) in [4.78, 5) is 9.14. The fourth-order valence-corrected chi connectivity index (χ4v) is 9.86. The molecule has 0 fully saturated rings. The number of rotatable bonds is 5. The van der Waals surface area contributed by atoms with E-state index in [2.05, 4.69) is 125 Å². The molecule has 249 valence electrons. The number of nitrogens with zero attached hydrogens (tertiary/aromatic N) is 2. The van der Waals surface area contributed by atoms with Gasteiger partial charge in [-0.15, -0.1) is 35.9 Å². The molecule has 0 aliphatic carbocycles. The monoisotopic (exact) mass is 888 g/mol. The molecule has 0 aliphatic rings. The summed E-state index contributed by atoms with van der Waals surface area (Å²) >= 11 is -2.20. The van der Waals surface area contributed by atoms with Gasteiger partial charge in [0.1, 0.15) is 0 Å². The summed E-state index contributed by atoms with van der Waals surface area (Å²) in [6.45, 7) is 3.97. The Morgan fingerprint density at radius 3 is 1.94 bits per heavy atom. The third kappa shape index (κ3) is 7.37. The van der Waals surface area contributed by atoms with Gasteiger partial charge in [0.05, 0.1) is 0 Å². The van der Waals surface area contributed by atoms with E-state index in [-0.39, 0.29) is 20.1 Å². The van der Waals surface area contributed by atoms with Gasteiger partial charge in [-0.1, -0.05) is 42.5 Å². The number of benzene rings is 6. The van der Waals surface area contributed by atoms with E-state index in [0.717, 1.165) is 28.1 Å². The van der Waals surface area contributed by atoms with Gasteiger partial charge in [-0.05, 0) is 11.8 Å². The third-order valence-electron chi connectivity index (χ3n) is 9.05. The molecule has 4 heteroatoms. The molecule has 50 heavy (non-hydrogen) atoms. The van der Waals surface area contributed by atoms with Crippen LogP contribution < -0.4 is 4.40 Å². The number of aromatic nitrogens is 2. The Labute approximate surface area is 313 Å². The van der Waals surface area contributed by atoms with Crippen LogP contribution in [0.3, 0.4) is 0 Å². The van der Waals surface area contributed by atoms with Crippen LogP contribution in [0.1, 0.15) is 26.7 Å². The smallest absolute Gasteiger partial charge is 0.0160 e. The number of pyridine rings is 2. The van der Waals surface area contributed by atoms with Crippen molar-refractivity contribution in [1.82, 2.24) is 9.97 Å². The van der Waals surface area contributed by atoms with Gasteiger partial charge >= 0.3 is 194 Å². The average molecular weight is 887 g/mol. The Hall–Kier alpha value is -4.41. The molecule has 0 saturated heterocycles. The van der Waals surface area contributed by atoms with Gasteiger partial charge in [0.15, 0.2) is 0 Å². The van der Waals surface area contributed by atoms with Crippen molar-refractivity contribution in [3.63, 3.8) is 0 Å². The molecule has 8 rings (SSSR count). The van der Waals surface area contributed by atoms with E-state index in [0.29, 0.717) is 0 Å². The molecule has 0 bridgehead atoms. The van der Waals surface area contributed by atoms with E-state index >= 15 is 0 Å². The van der Waals surface area contributed by atoms with E-state index in [1.54, 1.807) is 6.20 Å². The van der Waals surface area contributed by atoms with Crippen molar-refractivity contribution in [2.24, 2.45) is 0 Å². The van der Waals surface area contributed by atoms with Crippen molar-refractivity contribution in [2.45, 2.75) is 37.0 Å². The van der Waals surface area contributed by atoms with Gasteiger partial charge < -0.3 is 4.98 Å². The van der Waals surface area contributed by atoms with Crippen LogP contribution in [0.2, 0.25) is 17.3 Å². The molecule has 2 nitrogen and oxygen atoms in total. The van der Waals surface area contributed by atoms with E-state index in [9.17, 15) is 0 Å². The third-order valence-corrected chi connectivity index (χ3v) is 13.3. The van der Waals surface area contributed by atoms with Gasteiger partial charge in [-0.25, -0.2) is 0 Å². The van der Waals surface area contributed by atoms with Gasteiger partial charge in [0.2, 0.25) is 0 Å². The second-order valence-electron chi connectivity index (χ2n) is 13.7. The molecule has 0 aliphatic heterocycles. The summed E-state index contributed by atoms with van der Waals surface area (Å²) in [5, 5.41) is 7.39. The molecule has 0 amide bonds. The second kappa shape index (κ2) is 15.2. The van der Waals surface area contributed by atoms with Crippen molar-refractivity contribution in [3.8, 4) is 33.6 Å².